The Balaban J connectivity index is 2.21. The maximum Gasteiger partial charge on any atom is 0.244 e. The summed E-state index contributed by atoms with van der Waals surface area (Å²) in [4.78, 5) is 16.5. The molecule has 0 fully saturated rings. The first kappa shape index (κ1) is 16.2. The van der Waals surface area contributed by atoms with Crippen molar-refractivity contribution in [3.05, 3.63) is 52.9 Å². The van der Waals surface area contributed by atoms with Crippen molar-refractivity contribution in [2.24, 2.45) is 0 Å². The van der Waals surface area contributed by atoms with Crippen molar-refractivity contribution >= 4 is 5.91 Å². The highest BCUT2D eigenvalue weighted by molar-refractivity contribution is 5.83. The molecule has 0 N–H and O–H groups in total. The Morgan fingerprint density at radius 1 is 1.18 bits per heavy atom. The average molecular weight is 301 g/mol. The first-order chi connectivity index (χ1) is 10.4. The molecule has 0 spiro atoms. The van der Waals surface area contributed by atoms with Crippen LogP contribution in [0.2, 0.25) is 0 Å². The van der Waals surface area contributed by atoms with E-state index in [0.717, 1.165) is 22.6 Å². The molecule has 0 saturated heterocycles. The van der Waals surface area contributed by atoms with E-state index in [1.54, 1.807) is 4.90 Å². The van der Waals surface area contributed by atoms with Crippen LogP contribution in [0.25, 0.3) is 0 Å². The third-order valence-electron chi connectivity index (χ3n) is 3.82. The van der Waals surface area contributed by atoms with Gasteiger partial charge in [-0.25, -0.2) is 0 Å². The zero-order valence-corrected chi connectivity index (χ0v) is 13.8. The number of rotatable bonds is 5. The van der Waals surface area contributed by atoms with Gasteiger partial charge in [-0.1, -0.05) is 35.5 Å². The van der Waals surface area contributed by atoms with Gasteiger partial charge in [0.05, 0.1) is 12.2 Å². The second-order valence-corrected chi connectivity index (χ2v) is 5.77. The number of hydrogen-bond donors (Lipinski definition) is 0. The fraction of sp³-hybridized carbons (Fsp3) is 0.412. The lowest BCUT2D eigenvalue weighted by Crippen LogP contribution is -2.38. The predicted molar refractivity (Wildman–Crippen MR) is 85.3 cm³/mol. The van der Waals surface area contributed by atoms with Crippen molar-refractivity contribution in [3.63, 3.8) is 0 Å². The SMILES string of the molecule is Cc1noc(C)c1CN(C)C(=O)[C@H](c1ccccc1)N(C)C. The normalized spacial score (nSPS) is 12.5. The van der Waals surface area contributed by atoms with Crippen LogP contribution in [0.15, 0.2) is 34.9 Å². The van der Waals surface area contributed by atoms with E-state index in [2.05, 4.69) is 5.16 Å². The number of amides is 1. The molecule has 0 saturated carbocycles. The summed E-state index contributed by atoms with van der Waals surface area (Å²) in [5, 5.41) is 3.94. The van der Waals surface area contributed by atoms with Gasteiger partial charge in [-0.2, -0.15) is 0 Å². The first-order valence-electron chi connectivity index (χ1n) is 7.30. The Kier molecular flexibility index (Phi) is 4.98. The van der Waals surface area contributed by atoms with E-state index in [1.807, 2.05) is 70.2 Å². The van der Waals surface area contributed by atoms with Crippen LogP contribution >= 0.6 is 0 Å². The summed E-state index contributed by atoms with van der Waals surface area (Å²) >= 11 is 0. The highest BCUT2D eigenvalue weighted by Gasteiger charge is 2.26. The molecule has 0 radical (unpaired) electrons. The Hall–Kier alpha value is -2.14. The molecule has 2 rings (SSSR count). The molecule has 0 unspecified atom stereocenters. The summed E-state index contributed by atoms with van der Waals surface area (Å²) in [6.45, 7) is 4.26. The molecular formula is C17H23N3O2. The number of carbonyl (C=O) groups is 1. The van der Waals surface area contributed by atoms with Crippen LogP contribution in [0.4, 0.5) is 0 Å². The predicted octanol–water partition coefficient (Wildman–Crippen LogP) is 2.55. The van der Waals surface area contributed by atoms with E-state index in [4.69, 9.17) is 4.52 Å². The molecule has 1 amide bonds. The Morgan fingerprint density at radius 2 is 1.82 bits per heavy atom. The van der Waals surface area contributed by atoms with Crippen LogP contribution in [-0.2, 0) is 11.3 Å². The molecular weight excluding hydrogens is 278 g/mol. The van der Waals surface area contributed by atoms with E-state index < -0.39 is 0 Å². The minimum absolute atomic E-state index is 0.0520. The Bertz CT molecular complexity index is 615. The summed E-state index contributed by atoms with van der Waals surface area (Å²) < 4.78 is 5.17. The summed E-state index contributed by atoms with van der Waals surface area (Å²) in [5.41, 5.74) is 2.79. The minimum Gasteiger partial charge on any atom is -0.361 e. The third kappa shape index (κ3) is 3.36. The van der Waals surface area contributed by atoms with E-state index in [-0.39, 0.29) is 11.9 Å². The molecule has 1 aromatic heterocycles. The van der Waals surface area contributed by atoms with E-state index in [0.29, 0.717) is 6.54 Å². The summed E-state index contributed by atoms with van der Waals surface area (Å²) in [7, 11) is 5.65. The quantitative estimate of drug-likeness (QED) is 0.851. The van der Waals surface area contributed by atoms with Crippen LogP contribution < -0.4 is 0 Å². The van der Waals surface area contributed by atoms with Gasteiger partial charge in [0.15, 0.2) is 0 Å². The molecule has 22 heavy (non-hydrogen) atoms. The topological polar surface area (TPSA) is 49.6 Å². The minimum atomic E-state index is -0.299. The summed E-state index contributed by atoms with van der Waals surface area (Å²) in [5.74, 6) is 0.814. The van der Waals surface area contributed by atoms with Crippen molar-refractivity contribution < 1.29 is 9.32 Å². The summed E-state index contributed by atoms with van der Waals surface area (Å²) in [6, 6.07) is 9.51. The monoisotopic (exact) mass is 301 g/mol. The van der Waals surface area contributed by atoms with E-state index in [9.17, 15) is 4.79 Å². The van der Waals surface area contributed by atoms with Gasteiger partial charge in [-0.15, -0.1) is 0 Å². The van der Waals surface area contributed by atoms with E-state index in [1.165, 1.54) is 0 Å². The van der Waals surface area contributed by atoms with Crippen molar-refractivity contribution in [1.82, 2.24) is 15.0 Å². The summed E-state index contributed by atoms with van der Waals surface area (Å²) in [6.07, 6.45) is 0. The maximum atomic E-state index is 12.9. The molecule has 0 aliphatic heterocycles. The zero-order valence-electron chi connectivity index (χ0n) is 13.8. The largest absolute Gasteiger partial charge is 0.361 e. The molecule has 1 aromatic carbocycles. The van der Waals surface area contributed by atoms with Crippen molar-refractivity contribution in [2.45, 2.75) is 26.4 Å². The molecule has 0 bridgehead atoms. The second kappa shape index (κ2) is 6.75. The van der Waals surface area contributed by atoms with Crippen molar-refractivity contribution in [3.8, 4) is 0 Å². The molecule has 0 aliphatic rings. The molecule has 0 aliphatic carbocycles. The fourth-order valence-electron chi connectivity index (χ4n) is 2.55. The molecule has 5 heteroatoms. The standard InChI is InChI=1S/C17H23N3O2/c1-12-15(13(2)22-18-12)11-20(5)17(21)16(19(3)4)14-9-7-6-8-10-14/h6-10,16H,11H2,1-5H3/t16-/m0/s1. The molecule has 1 atom stereocenters. The van der Waals surface area contributed by atoms with Crippen LogP contribution in [-0.4, -0.2) is 42.0 Å². The second-order valence-electron chi connectivity index (χ2n) is 5.77. The van der Waals surface area contributed by atoms with Crippen LogP contribution in [0.5, 0.6) is 0 Å². The van der Waals surface area contributed by atoms with Crippen LogP contribution in [0, 0.1) is 13.8 Å². The highest BCUT2D eigenvalue weighted by atomic mass is 16.5. The van der Waals surface area contributed by atoms with Gasteiger partial charge in [0.1, 0.15) is 11.8 Å². The van der Waals surface area contributed by atoms with E-state index >= 15 is 0 Å². The molecule has 1 heterocycles. The number of nitrogens with zero attached hydrogens (tertiary/aromatic N) is 3. The number of hydrogen-bond acceptors (Lipinski definition) is 4. The Morgan fingerprint density at radius 3 is 2.32 bits per heavy atom. The van der Waals surface area contributed by atoms with Gasteiger partial charge in [-0.3, -0.25) is 9.69 Å². The van der Waals surface area contributed by atoms with Crippen LogP contribution in [0.1, 0.15) is 28.6 Å². The smallest absolute Gasteiger partial charge is 0.244 e. The van der Waals surface area contributed by atoms with Gasteiger partial charge >= 0.3 is 0 Å². The van der Waals surface area contributed by atoms with Crippen molar-refractivity contribution in [1.29, 1.82) is 0 Å². The number of carbonyl (C=O) groups excluding carboxylic acids is 1. The number of likely N-dealkylation sites (N-methyl/N-ethyl adjacent to an activating group) is 2. The first-order valence-corrected chi connectivity index (χ1v) is 7.30. The van der Waals surface area contributed by atoms with Gasteiger partial charge in [0, 0.05) is 12.6 Å². The number of aromatic nitrogens is 1. The van der Waals surface area contributed by atoms with Crippen molar-refractivity contribution in [2.75, 3.05) is 21.1 Å². The Labute approximate surface area is 131 Å². The lowest BCUT2D eigenvalue weighted by atomic mass is 10.0. The number of aryl methyl sites for hydroxylation is 2. The van der Waals surface area contributed by atoms with Gasteiger partial charge in [0.25, 0.3) is 0 Å². The van der Waals surface area contributed by atoms with Crippen LogP contribution in [0.3, 0.4) is 0 Å². The molecule has 5 nitrogen and oxygen atoms in total. The van der Waals surface area contributed by atoms with Gasteiger partial charge < -0.3 is 9.42 Å². The third-order valence-corrected chi connectivity index (χ3v) is 3.82. The lowest BCUT2D eigenvalue weighted by Gasteiger charge is -2.28. The number of benzene rings is 1. The van der Waals surface area contributed by atoms with Gasteiger partial charge in [0.2, 0.25) is 5.91 Å². The van der Waals surface area contributed by atoms with Gasteiger partial charge in [-0.05, 0) is 33.5 Å². The average Bonchev–Trinajstić information content (AvgIpc) is 2.80. The molecule has 118 valence electrons. The fourth-order valence-corrected chi connectivity index (χ4v) is 2.55. The maximum absolute atomic E-state index is 12.9. The zero-order chi connectivity index (χ0) is 16.3. The highest BCUT2D eigenvalue weighted by Crippen LogP contribution is 2.22. The molecule has 2 aromatic rings. The lowest BCUT2D eigenvalue weighted by molar-refractivity contribution is -0.135.